The molecule has 1 N–H and O–H groups in total. The number of hydrogen-bond donors (Lipinski definition) is 1. The topological polar surface area (TPSA) is 69.7 Å². The van der Waals surface area contributed by atoms with E-state index in [-0.39, 0.29) is 23.9 Å². The van der Waals surface area contributed by atoms with Crippen LogP contribution < -0.4 is 5.32 Å². The van der Waals surface area contributed by atoms with Crippen molar-refractivity contribution < 1.29 is 17.6 Å². The van der Waals surface area contributed by atoms with Crippen molar-refractivity contribution in [1.82, 2.24) is 9.21 Å². The van der Waals surface area contributed by atoms with Gasteiger partial charge in [-0.15, -0.1) is 0 Å². The van der Waals surface area contributed by atoms with Gasteiger partial charge in [0.25, 0.3) is 0 Å². The van der Waals surface area contributed by atoms with E-state index in [1.54, 1.807) is 0 Å². The van der Waals surface area contributed by atoms with E-state index < -0.39 is 21.9 Å². The number of rotatable bonds is 5. The molecule has 29 heavy (non-hydrogen) atoms. The standard InChI is InChI=1S/C21H26FN3O3S/c1-15-8-9-16(2)19(14-15)23-21(26)17(3)24-10-12-25(13-11-24)29(27,28)20-7-5-4-6-18(20)22/h4-9,14,17H,10-13H2,1-3H3,(H,23,26)/t17-/m0/s1. The van der Waals surface area contributed by atoms with Gasteiger partial charge in [-0.05, 0) is 50.1 Å². The Labute approximate surface area is 171 Å². The molecule has 2 aromatic carbocycles. The highest BCUT2D eigenvalue weighted by Crippen LogP contribution is 2.22. The molecule has 1 heterocycles. The molecular formula is C21H26FN3O3S. The van der Waals surface area contributed by atoms with Crippen LogP contribution in [-0.4, -0.2) is 55.8 Å². The van der Waals surface area contributed by atoms with Gasteiger partial charge in [0, 0.05) is 31.9 Å². The van der Waals surface area contributed by atoms with E-state index in [0.717, 1.165) is 22.9 Å². The molecular weight excluding hydrogens is 393 g/mol. The minimum atomic E-state index is -3.89. The van der Waals surface area contributed by atoms with Crippen LogP contribution in [0.3, 0.4) is 0 Å². The molecule has 156 valence electrons. The summed E-state index contributed by atoms with van der Waals surface area (Å²) in [6.07, 6.45) is 0. The van der Waals surface area contributed by atoms with Crippen molar-refractivity contribution in [2.24, 2.45) is 0 Å². The Morgan fingerprint density at radius 2 is 1.72 bits per heavy atom. The van der Waals surface area contributed by atoms with Gasteiger partial charge in [-0.25, -0.2) is 12.8 Å². The highest BCUT2D eigenvalue weighted by atomic mass is 32.2. The molecule has 0 aliphatic carbocycles. The van der Waals surface area contributed by atoms with E-state index in [9.17, 15) is 17.6 Å². The molecule has 0 radical (unpaired) electrons. The fourth-order valence-electron chi connectivity index (χ4n) is 3.40. The van der Waals surface area contributed by atoms with Crippen LogP contribution >= 0.6 is 0 Å². The highest BCUT2D eigenvalue weighted by Gasteiger charge is 2.33. The molecule has 6 nitrogen and oxygen atoms in total. The fourth-order valence-corrected chi connectivity index (χ4v) is 4.88. The Morgan fingerprint density at radius 3 is 2.38 bits per heavy atom. The number of piperazine rings is 1. The Kier molecular flexibility index (Phi) is 6.36. The summed E-state index contributed by atoms with van der Waals surface area (Å²) >= 11 is 0. The number of amides is 1. The number of halogens is 1. The van der Waals surface area contributed by atoms with Crippen LogP contribution in [0.2, 0.25) is 0 Å². The van der Waals surface area contributed by atoms with E-state index in [4.69, 9.17) is 0 Å². The van der Waals surface area contributed by atoms with Crippen molar-refractivity contribution in [3.05, 3.63) is 59.4 Å². The summed E-state index contributed by atoms with van der Waals surface area (Å²) < 4.78 is 40.7. The van der Waals surface area contributed by atoms with Gasteiger partial charge in [-0.1, -0.05) is 24.3 Å². The van der Waals surface area contributed by atoms with Crippen LogP contribution in [0.4, 0.5) is 10.1 Å². The van der Waals surface area contributed by atoms with E-state index in [1.165, 1.54) is 22.5 Å². The maximum absolute atomic E-state index is 13.9. The number of carbonyl (C=O) groups excluding carboxylic acids is 1. The summed E-state index contributed by atoms with van der Waals surface area (Å²) in [6, 6.07) is 10.9. The number of anilines is 1. The lowest BCUT2D eigenvalue weighted by Gasteiger charge is -2.36. The summed E-state index contributed by atoms with van der Waals surface area (Å²) in [5, 5.41) is 2.96. The number of nitrogens with one attached hydrogen (secondary N) is 1. The predicted octanol–water partition coefficient (Wildman–Crippen LogP) is 2.78. The summed E-state index contributed by atoms with van der Waals surface area (Å²) in [4.78, 5) is 14.3. The van der Waals surface area contributed by atoms with Crippen molar-refractivity contribution in [2.45, 2.75) is 31.7 Å². The SMILES string of the molecule is Cc1ccc(C)c(NC(=O)[C@H](C)N2CCN(S(=O)(=O)c3ccccc3F)CC2)c1. The minimum absolute atomic E-state index is 0.135. The summed E-state index contributed by atoms with van der Waals surface area (Å²) in [5.74, 6) is -0.889. The molecule has 1 aliphatic rings. The van der Waals surface area contributed by atoms with Crippen LogP contribution in [0, 0.1) is 19.7 Å². The Bertz CT molecular complexity index is 1000. The minimum Gasteiger partial charge on any atom is -0.324 e. The monoisotopic (exact) mass is 419 g/mol. The van der Waals surface area contributed by atoms with Gasteiger partial charge in [-0.2, -0.15) is 4.31 Å². The molecule has 1 fully saturated rings. The smallest absolute Gasteiger partial charge is 0.246 e. The maximum Gasteiger partial charge on any atom is 0.246 e. The summed E-state index contributed by atoms with van der Waals surface area (Å²) in [5.41, 5.74) is 2.82. The average molecular weight is 420 g/mol. The molecule has 3 rings (SSSR count). The van der Waals surface area contributed by atoms with Crippen molar-refractivity contribution in [3.8, 4) is 0 Å². The van der Waals surface area contributed by atoms with E-state index in [0.29, 0.717) is 13.1 Å². The third-order valence-corrected chi connectivity index (χ3v) is 7.24. The first-order valence-corrected chi connectivity index (χ1v) is 11.0. The zero-order valence-corrected chi connectivity index (χ0v) is 17.7. The zero-order valence-electron chi connectivity index (χ0n) is 16.9. The fraction of sp³-hybridized carbons (Fsp3) is 0.381. The van der Waals surface area contributed by atoms with E-state index in [1.807, 2.05) is 43.9 Å². The molecule has 0 aromatic heterocycles. The van der Waals surface area contributed by atoms with Gasteiger partial charge >= 0.3 is 0 Å². The first-order chi connectivity index (χ1) is 13.7. The second kappa shape index (κ2) is 8.61. The van der Waals surface area contributed by atoms with Gasteiger partial charge in [-0.3, -0.25) is 9.69 Å². The largest absolute Gasteiger partial charge is 0.324 e. The third-order valence-electron chi connectivity index (χ3n) is 5.31. The Hall–Kier alpha value is -2.29. The normalized spacial score (nSPS) is 17.1. The van der Waals surface area contributed by atoms with Crippen molar-refractivity contribution in [3.63, 3.8) is 0 Å². The molecule has 1 atom stereocenters. The first kappa shape index (κ1) is 21.4. The second-order valence-corrected chi connectivity index (χ2v) is 9.26. The van der Waals surface area contributed by atoms with Crippen molar-refractivity contribution >= 4 is 21.6 Å². The molecule has 2 aromatic rings. The molecule has 0 bridgehead atoms. The lowest BCUT2D eigenvalue weighted by Crippen LogP contribution is -2.54. The zero-order chi connectivity index (χ0) is 21.2. The molecule has 1 amide bonds. The number of nitrogens with zero attached hydrogens (tertiary/aromatic N) is 2. The van der Waals surface area contributed by atoms with Crippen LogP contribution in [0.5, 0.6) is 0 Å². The molecule has 0 saturated carbocycles. The van der Waals surface area contributed by atoms with E-state index >= 15 is 0 Å². The number of aryl methyl sites for hydroxylation is 2. The van der Waals surface area contributed by atoms with Crippen molar-refractivity contribution in [2.75, 3.05) is 31.5 Å². The van der Waals surface area contributed by atoms with Gasteiger partial charge in [0.2, 0.25) is 15.9 Å². The van der Waals surface area contributed by atoms with Crippen LogP contribution in [0.1, 0.15) is 18.1 Å². The van der Waals surface area contributed by atoms with E-state index in [2.05, 4.69) is 5.32 Å². The number of carbonyl (C=O) groups is 1. The molecule has 0 spiro atoms. The number of benzene rings is 2. The molecule has 1 aliphatic heterocycles. The van der Waals surface area contributed by atoms with Crippen LogP contribution in [-0.2, 0) is 14.8 Å². The van der Waals surface area contributed by atoms with Gasteiger partial charge in [0.15, 0.2) is 0 Å². The second-order valence-electron chi connectivity index (χ2n) is 7.35. The molecule has 8 heteroatoms. The first-order valence-electron chi connectivity index (χ1n) is 9.57. The maximum atomic E-state index is 13.9. The van der Waals surface area contributed by atoms with Crippen LogP contribution in [0.15, 0.2) is 47.4 Å². The lowest BCUT2D eigenvalue weighted by molar-refractivity contribution is -0.121. The third kappa shape index (κ3) is 4.66. The van der Waals surface area contributed by atoms with Gasteiger partial charge in [0.05, 0.1) is 6.04 Å². The Morgan fingerprint density at radius 1 is 1.07 bits per heavy atom. The predicted molar refractivity (Wildman–Crippen MR) is 111 cm³/mol. The summed E-state index contributed by atoms with van der Waals surface area (Å²) in [7, 11) is -3.89. The highest BCUT2D eigenvalue weighted by molar-refractivity contribution is 7.89. The van der Waals surface area contributed by atoms with Crippen molar-refractivity contribution in [1.29, 1.82) is 0 Å². The Balaban J connectivity index is 1.63. The average Bonchev–Trinajstić information content (AvgIpc) is 2.70. The van der Waals surface area contributed by atoms with Gasteiger partial charge in [0.1, 0.15) is 10.7 Å². The molecule has 0 unspecified atom stereocenters. The van der Waals surface area contributed by atoms with Crippen LogP contribution in [0.25, 0.3) is 0 Å². The number of sulfonamides is 1. The molecule has 1 saturated heterocycles. The summed E-state index contributed by atoms with van der Waals surface area (Å²) in [6.45, 7) is 6.92. The lowest BCUT2D eigenvalue weighted by atomic mass is 10.1. The van der Waals surface area contributed by atoms with Gasteiger partial charge < -0.3 is 5.32 Å². The number of hydrogen-bond acceptors (Lipinski definition) is 4. The quantitative estimate of drug-likeness (QED) is 0.809.